The van der Waals surface area contributed by atoms with Crippen molar-refractivity contribution < 1.29 is 4.79 Å². The Hall–Kier alpha value is -1.69. The first-order valence-electron chi connectivity index (χ1n) is 5.79. The number of anilines is 1. The summed E-state index contributed by atoms with van der Waals surface area (Å²) >= 11 is 0. The molecule has 0 aliphatic heterocycles. The molecule has 0 radical (unpaired) electrons. The maximum Gasteiger partial charge on any atom is 0.271 e. The monoisotopic (exact) mass is 237 g/mol. The number of carbonyl (C=O) groups is 1. The maximum atomic E-state index is 11.7. The van der Waals surface area contributed by atoms with Gasteiger partial charge in [0.25, 0.3) is 5.91 Å². The fourth-order valence-electron chi connectivity index (χ4n) is 1.44. The molecule has 6 nitrogen and oxygen atoms in total. The number of hydrogen-bond acceptors (Lipinski definition) is 5. The van der Waals surface area contributed by atoms with E-state index < -0.39 is 0 Å². The molecule has 1 aromatic rings. The van der Waals surface area contributed by atoms with Crippen LogP contribution < -0.4 is 16.6 Å². The smallest absolute Gasteiger partial charge is 0.271 e. The van der Waals surface area contributed by atoms with E-state index in [0.717, 1.165) is 12.8 Å². The summed E-state index contributed by atoms with van der Waals surface area (Å²) in [4.78, 5) is 11.7. The molecule has 17 heavy (non-hydrogen) atoms. The van der Waals surface area contributed by atoms with Crippen LogP contribution in [0, 0.1) is 5.92 Å². The van der Waals surface area contributed by atoms with Crippen molar-refractivity contribution in [1.82, 2.24) is 15.5 Å². The standard InChI is InChI=1S/C11H19N5O/c1-3-8(4-2)7-13-11(17)9-5-6-10(14-12)16-15-9/h5-6,8H,3-4,7,12H2,1-2H3,(H,13,17)(H,14,16). The number of hydrogen-bond donors (Lipinski definition) is 3. The number of nitrogens with two attached hydrogens (primary N) is 1. The van der Waals surface area contributed by atoms with Gasteiger partial charge in [0, 0.05) is 6.54 Å². The maximum absolute atomic E-state index is 11.7. The van der Waals surface area contributed by atoms with Crippen LogP contribution in [0.1, 0.15) is 37.2 Å². The zero-order valence-electron chi connectivity index (χ0n) is 10.2. The molecule has 1 heterocycles. The lowest BCUT2D eigenvalue weighted by Gasteiger charge is -2.12. The average molecular weight is 237 g/mol. The van der Waals surface area contributed by atoms with Gasteiger partial charge in [0.1, 0.15) is 0 Å². The first-order chi connectivity index (χ1) is 8.21. The number of carbonyl (C=O) groups excluding carboxylic acids is 1. The van der Waals surface area contributed by atoms with Crippen molar-refractivity contribution in [1.29, 1.82) is 0 Å². The topological polar surface area (TPSA) is 92.9 Å². The minimum Gasteiger partial charge on any atom is -0.350 e. The third kappa shape index (κ3) is 3.99. The quantitative estimate of drug-likeness (QED) is 0.505. The third-order valence-corrected chi connectivity index (χ3v) is 2.75. The highest BCUT2D eigenvalue weighted by molar-refractivity contribution is 5.92. The summed E-state index contributed by atoms with van der Waals surface area (Å²) in [6.45, 7) is 4.90. The molecular weight excluding hydrogens is 218 g/mol. The number of hydrazine groups is 1. The lowest BCUT2D eigenvalue weighted by Crippen LogP contribution is -2.29. The Labute approximate surface area is 101 Å². The minimum absolute atomic E-state index is 0.201. The fraction of sp³-hybridized carbons (Fsp3) is 0.545. The Morgan fingerprint density at radius 1 is 1.35 bits per heavy atom. The summed E-state index contributed by atoms with van der Waals surface area (Å²) in [5.41, 5.74) is 2.66. The Morgan fingerprint density at radius 3 is 2.53 bits per heavy atom. The highest BCUT2D eigenvalue weighted by atomic mass is 16.1. The molecule has 0 aliphatic rings. The van der Waals surface area contributed by atoms with Gasteiger partial charge < -0.3 is 10.7 Å². The van der Waals surface area contributed by atoms with Crippen LogP contribution >= 0.6 is 0 Å². The molecule has 1 rings (SSSR count). The lowest BCUT2D eigenvalue weighted by molar-refractivity contribution is 0.0940. The predicted octanol–water partition coefficient (Wildman–Crippen LogP) is 0.928. The van der Waals surface area contributed by atoms with E-state index in [1.54, 1.807) is 12.1 Å². The van der Waals surface area contributed by atoms with E-state index in [0.29, 0.717) is 24.0 Å². The highest BCUT2D eigenvalue weighted by Gasteiger charge is 2.10. The van der Waals surface area contributed by atoms with Gasteiger partial charge in [-0.3, -0.25) is 4.79 Å². The van der Waals surface area contributed by atoms with Crippen LogP contribution in [0.15, 0.2) is 12.1 Å². The van der Waals surface area contributed by atoms with Gasteiger partial charge in [0.15, 0.2) is 11.5 Å². The van der Waals surface area contributed by atoms with E-state index in [4.69, 9.17) is 5.84 Å². The number of nitrogens with one attached hydrogen (secondary N) is 2. The van der Waals surface area contributed by atoms with Crippen molar-refractivity contribution in [2.75, 3.05) is 12.0 Å². The van der Waals surface area contributed by atoms with Crippen molar-refractivity contribution in [3.63, 3.8) is 0 Å². The van der Waals surface area contributed by atoms with Crippen LogP contribution in [0.4, 0.5) is 5.82 Å². The van der Waals surface area contributed by atoms with Gasteiger partial charge in [-0.2, -0.15) is 0 Å². The molecule has 0 bridgehead atoms. The molecule has 0 aromatic carbocycles. The van der Waals surface area contributed by atoms with Crippen LogP contribution in [-0.2, 0) is 0 Å². The molecule has 0 fully saturated rings. The summed E-state index contributed by atoms with van der Waals surface area (Å²) in [6.07, 6.45) is 2.11. The van der Waals surface area contributed by atoms with Crippen LogP contribution in [0.2, 0.25) is 0 Å². The van der Waals surface area contributed by atoms with Gasteiger partial charge >= 0.3 is 0 Å². The summed E-state index contributed by atoms with van der Waals surface area (Å²) in [7, 11) is 0. The second kappa shape index (κ2) is 6.80. The van der Waals surface area contributed by atoms with Crippen molar-refractivity contribution in [3.05, 3.63) is 17.8 Å². The van der Waals surface area contributed by atoms with Crippen molar-refractivity contribution in [3.8, 4) is 0 Å². The van der Waals surface area contributed by atoms with Crippen molar-refractivity contribution in [2.24, 2.45) is 11.8 Å². The molecule has 94 valence electrons. The zero-order valence-corrected chi connectivity index (χ0v) is 10.2. The van der Waals surface area contributed by atoms with E-state index in [9.17, 15) is 4.79 Å². The minimum atomic E-state index is -0.201. The molecule has 0 saturated heterocycles. The third-order valence-electron chi connectivity index (χ3n) is 2.75. The molecule has 0 unspecified atom stereocenters. The second-order valence-electron chi connectivity index (χ2n) is 3.84. The van der Waals surface area contributed by atoms with Crippen LogP contribution in [0.25, 0.3) is 0 Å². The molecule has 0 atom stereocenters. The van der Waals surface area contributed by atoms with E-state index in [1.165, 1.54) is 0 Å². The summed E-state index contributed by atoms with van der Waals surface area (Å²) in [5, 5.41) is 10.4. The summed E-state index contributed by atoms with van der Waals surface area (Å²) < 4.78 is 0. The molecule has 0 aliphatic carbocycles. The first-order valence-corrected chi connectivity index (χ1v) is 5.79. The zero-order chi connectivity index (χ0) is 12.7. The SMILES string of the molecule is CCC(CC)CNC(=O)c1ccc(NN)nn1. The Kier molecular flexibility index (Phi) is 5.35. The lowest BCUT2D eigenvalue weighted by atomic mass is 10.0. The van der Waals surface area contributed by atoms with E-state index in [2.05, 4.69) is 34.8 Å². The Balaban J connectivity index is 2.51. The molecule has 0 saturated carbocycles. The molecule has 1 aromatic heterocycles. The number of amides is 1. The van der Waals surface area contributed by atoms with Crippen LogP contribution in [-0.4, -0.2) is 22.6 Å². The molecule has 1 amide bonds. The predicted molar refractivity (Wildman–Crippen MR) is 66.2 cm³/mol. The van der Waals surface area contributed by atoms with E-state index in [-0.39, 0.29) is 5.91 Å². The second-order valence-corrected chi connectivity index (χ2v) is 3.84. The normalized spacial score (nSPS) is 10.4. The molecule has 0 spiro atoms. The number of nitrogens with zero attached hydrogens (tertiary/aromatic N) is 2. The van der Waals surface area contributed by atoms with Crippen LogP contribution in [0.5, 0.6) is 0 Å². The largest absolute Gasteiger partial charge is 0.350 e. The number of aromatic nitrogens is 2. The van der Waals surface area contributed by atoms with Gasteiger partial charge in [0.05, 0.1) is 0 Å². The van der Waals surface area contributed by atoms with E-state index in [1.807, 2.05) is 0 Å². The van der Waals surface area contributed by atoms with Gasteiger partial charge in [0.2, 0.25) is 0 Å². The summed E-state index contributed by atoms with van der Waals surface area (Å²) in [6, 6.07) is 3.20. The molecular formula is C11H19N5O. The van der Waals surface area contributed by atoms with Crippen LogP contribution in [0.3, 0.4) is 0 Å². The fourth-order valence-corrected chi connectivity index (χ4v) is 1.44. The van der Waals surface area contributed by atoms with Gasteiger partial charge in [-0.05, 0) is 18.1 Å². The number of rotatable bonds is 6. The molecule has 4 N–H and O–H groups in total. The number of nitrogen functional groups attached to an aromatic ring is 1. The van der Waals surface area contributed by atoms with Gasteiger partial charge in [-0.25, -0.2) is 5.84 Å². The molecule has 6 heteroatoms. The van der Waals surface area contributed by atoms with Crippen molar-refractivity contribution in [2.45, 2.75) is 26.7 Å². The average Bonchev–Trinajstić information content (AvgIpc) is 2.39. The first kappa shape index (κ1) is 13.4. The van der Waals surface area contributed by atoms with Crippen molar-refractivity contribution >= 4 is 11.7 Å². The highest BCUT2D eigenvalue weighted by Crippen LogP contribution is 2.06. The van der Waals surface area contributed by atoms with Gasteiger partial charge in [-0.15, -0.1) is 10.2 Å². The van der Waals surface area contributed by atoms with E-state index >= 15 is 0 Å². The Bertz CT molecular complexity index is 347. The summed E-state index contributed by atoms with van der Waals surface area (Å²) in [5.74, 6) is 5.90. The Morgan fingerprint density at radius 2 is 2.06 bits per heavy atom. The van der Waals surface area contributed by atoms with Gasteiger partial charge in [-0.1, -0.05) is 26.7 Å².